The normalized spacial score (nSPS) is 12.5. The molecule has 214 valence electrons. The highest BCUT2D eigenvalue weighted by Crippen LogP contribution is 2.40. The molecule has 9 nitrogen and oxygen atoms in total. The van der Waals surface area contributed by atoms with Gasteiger partial charge in [-0.1, -0.05) is 103 Å². The zero-order valence-corrected chi connectivity index (χ0v) is 23.0. The van der Waals surface area contributed by atoms with Gasteiger partial charge in [-0.15, -0.1) is 0 Å². The summed E-state index contributed by atoms with van der Waals surface area (Å²) in [7, 11) is 0. The van der Waals surface area contributed by atoms with Crippen LogP contribution in [0.25, 0.3) is 0 Å². The van der Waals surface area contributed by atoms with Gasteiger partial charge in [0.2, 0.25) is 11.8 Å². The van der Waals surface area contributed by atoms with Crippen LogP contribution in [0.3, 0.4) is 0 Å². The zero-order chi connectivity index (χ0) is 30.1. The highest BCUT2D eigenvalue weighted by Gasteiger charge is 2.46. The number of ether oxygens (including phenoxy) is 1. The lowest BCUT2D eigenvalue weighted by Crippen LogP contribution is -2.55. The molecule has 9 heteroatoms. The second kappa shape index (κ2) is 13.4. The number of rotatable bonds is 12. The minimum Gasteiger partial charge on any atom is -0.466 e. The van der Waals surface area contributed by atoms with Gasteiger partial charge in [0.1, 0.15) is 11.5 Å². The van der Waals surface area contributed by atoms with Crippen LogP contribution in [0.5, 0.6) is 0 Å². The third-order valence-electron chi connectivity index (χ3n) is 7.18. The molecular weight excluding hydrogens is 534 g/mol. The number of benzene rings is 4. The molecule has 0 saturated carbocycles. The molecule has 2 amide bonds. The van der Waals surface area contributed by atoms with Crippen LogP contribution in [0.15, 0.2) is 115 Å². The third kappa shape index (κ3) is 6.20. The van der Waals surface area contributed by atoms with Crippen LogP contribution in [-0.2, 0) is 24.5 Å². The molecular formula is C33H31N3O6. The van der Waals surface area contributed by atoms with E-state index in [-0.39, 0.29) is 18.7 Å². The van der Waals surface area contributed by atoms with E-state index in [4.69, 9.17) is 10.5 Å². The first kappa shape index (κ1) is 29.7. The Hall–Kier alpha value is -5.31. The molecule has 0 fully saturated rings. The standard InChI is InChI=1S/C33H31N3O6/c1-2-42-29(37)22-28(23-18-20-27(21-19-23)36(40)41)30(31(34)38)35-32(39)33(24-12-6-3-7-13-24,25-14-8-4-9-15-25)26-16-10-5-11-17-26/h3-21,28,30H,2,22H2,1H3,(H2,34,38)(H,35,39)/t28-,30+/m0/s1. The quantitative estimate of drug-likeness (QED) is 0.111. The van der Waals surface area contributed by atoms with Gasteiger partial charge >= 0.3 is 5.97 Å². The topological polar surface area (TPSA) is 142 Å². The Morgan fingerprint density at radius 2 is 1.26 bits per heavy atom. The summed E-state index contributed by atoms with van der Waals surface area (Å²) in [5.74, 6) is -2.99. The average Bonchev–Trinajstić information content (AvgIpc) is 3.01. The van der Waals surface area contributed by atoms with Gasteiger partial charge in [0.15, 0.2) is 0 Å². The summed E-state index contributed by atoms with van der Waals surface area (Å²) in [6.45, 7) is 1.76. The Balaban J connectivity index is 1.87. The fourth-order valence-electron chi connectivity index (χ4n) is 5.25. The summed E-state index contributed by atoms with van der Waals surface area (Å²) < 4.78 is 5.15. The highest BCUT2D eigenvalue weighted by atomic mass is 16.6. The van der Waals surface area contributed by atoms with Crippen molar-refractivity contribution >= 4 is 23.5 Å². The van der Waals surface area contributed by atoms with E-state index < -0.39 is 40.1 Å². The van der Waals surface area contributed by atoms with Gasteiger partial charge in [-0.2, -0.15) is 0 Å². The van der Waals surface area contributed by atoms with Crippen LogP contribution in [0.4, 0.5) is 5.69 Å². The van der Waals surface area contributed by atoms with Gasteiger partial charge in [-0.05, 0) is 29.2 Å². The largest absolute Gasteiger partial charge is 0.466 e. The van der Waals surface area contributed by atoms with Crippen molar-refractivity contribution in [1.29, 1.82) is 0 Å². The van der Waals surface area contributed by atoms with Gasteiger partial charge in [0.05, 0.1) is 18.0 Å². The second-order valence-corrected chi connectivity index (χ2v) is 9.67. The number of nitrogens with zero attached hydrogens (tertiary/aromatic N) is 1. The predicted octanol–water partition coefficient (Wildman–Crippen LogP) is 4.64. The first-order valence-corrected chi connectivity index (χ1v) is 13.5. The van der Waals surface area contributed by atoms with Crippen molar-refractivity contribution in [1.82, 2.24) is 5.32 Å². The summed E-state index contributed by atoms with van der Waals surface area (Å²) in [5, 5.41) is 14.1. The van der Waals surface area contributed by atoms with E-state index in [1.807, 2.05) is 91.0 Å². The van der Waals surface area contributed by atoms with Crippen molar-refractivity contribution in [2.75, 3.05) is 6.61 Å². The summed E-state index contributed by atoms with van der Waals surface area (Å²) in [6, 6.07) is 31.6. The van der Waals surface area contributed by atoms with Gasteiger partial charge in [-0.25, -0.2) is 0 Å². The number of nitrogens with two attached hydrogens (primary N) is 1. The molecule has 0 radical (unpaired) electrons. The highest BCUT2D eigenvalue weighted by molar-refractivity contribution is 5.99. The first-order chi connectivity index (χ1) is 20.3. The molecule has 4 rings (SSSR count). The second-order valence-electron chi connectivity index (χ2n) is 9.67. The van der Waals surface area contributed by atoms with Gasteiger partial charge in [0.25, 0.3) is 5.69 Å². The fourth-order valence-corrected chi connectivity index (χ4v) is 5.25. The number of hydrogen-bond donors (Lipinski definition) is 2. The maximum Gasteiger partial charge on any atom is 0.306 e. The SMILES string of the molecule is CCOC(=O)C[C@@H](c1ccc([N+](=O)[O-])cc1)[C@@H](NC(=O)C(c1ccccc1)(c1ccccc1)c1ccccc1)C(N)=O. The molecule has 0 aliphatic heterocycles. The monoisotopic (exact) mass is 565 g/mol. The van der Waals surface area contributed by atoms with Crippen LogP contribution in [-0.4, -0.2) is 35.4 Å². The van der Waals surface area contributed by atoms with Crippen molar-refractivity contribution in [3.8, 4) is 0 Å². The van der Waals surface area contributed by atoms with E-state index in [9.17, 15) is 24.5 Å². The molecule has 0 aliphatic rings. The Kier molecular flexibility index (Phi) is 9.44. The fraction of sp³-hybridized carbons (Fsp3) is 0.182. The predicted molar refractivity (Wildman–Crippen MR) is 157 cm³/mol. The van der Waals surface area contributed by atoms with Crippen molar-refractivity contribution in [2.24, 2.45) is 5.73 Å². The van der Waals surface area contributed by atoms with Crippen molar-refractivity contribution in [2.45, 2.75) is 30.7 Å². The summed E-state index contributed by atoms with van der Waals surface area (Å²) in [6.07, 6.45) is -0.297. The summed E-state index contributed by atoms with van der Waals surface area (Å²) >= 11 is 0. The van der Waals surface area contributed by atoms with E-state index in [2.05, 4.69) is 5.32 Å². The van der Waals surface area contributed by atoms with Crippen LogP contribution in [0, 0.1) is 10.1 Å². The average molecular weight is 566 g/mol. The van der Waals surface area contributed by atoms with E-state index in [0.717, 1.165) is 0 Å². The number of esters is 1. The number of primary amides is 1. The van der Waals surface area contributed by atoms with Crippen LogP contribution >= 0.6 is 0 Å². The van der Waals surface area contributed by atoms with E-state index in [1.165, 1.54) is 24.3 Å². The first-order valence-electron chi connectivity index (χ1n) is 13.5. The Bertz CT molecular complexity index is 1430. The molecule has 42 heavy (non-hydrogen) atoms. The molecule has 2 atom stereocenters. The number of non-ortho nitro benzene ring substituents is 1. The van der Waals surface area contributed by atoms with E-state index in [1.54, 1.807) is 6.92 Å². The lowest BCUT2D eigenvalue weighted by atomic mass is 9.68. The number of hydrogen-bond acceptors (Lipinski definition) is 6. The molecule has 0 unspecified atom stereocenters. The molecule has 0 spiro atoms. The number of carbonyl (C=O) groups is 3. The molecule has 0 saturated heterocycles. The molecule has 0 bridgehead atoms. The molecule has 0 heterocycles. The molecule has 0 aromatic heterocycles. The van der Waals surface area contributed by atoms with Gasteiger partial charge < -0.3 is 15.8 Å². The van der Waals surface area contributed by atoms with Crippen LogP contribution in [0.1, 0.15) is 41.5 Å². The number of nitrogens with one attached hydrogen (secondary N) is 1. The van der Waals surface area contributed by atoms with Crippen molar-refractivity contribution in [3.05, 3.63) is 148 Å². The molecule has 3 N–H and O–H groups in total. The summed E-state index contributed by atoms with van der Waals surface area (Å²) in [4.78, 5) is 51.2. The maximum atomic E-state index is 14.7. The van der Waals surface area contributed by atoms with Crippen molar-refractivity contribution < 1.29 is 24.0 Å². The Morgan fingerprint density at radius 3 is 1.64 bits per heavy atom. The number of nitro groups is 1. The Labute approximate surface area is 243 Å². The number of amides is 2. The van der Waals surface area contributed by atoms with E-state index >= 15 is 0 Å². The Morgan fingerprint density at radius 1 is 0.810 bits per heavy atom. The van der Waals surface area contributed by atoms with Crippen LogP contribution in [0.2, 0.25) is 0 Å². The number of carbonyl (C=O) groups excluding carboxylic acids is 3. The van der Waals surface area contributed by atoms with Gasteiger partial charge in [0, 0.05) is 18.1 Å². The maximum absolute atomic E-state index is 14.7. The summed E-state index contributed by atoms with van der Waals surface area (Å²) in [5.41, 5.74) is 6.70. The van der Waals surface area contributed by atoms with Crippen LogP contribution < -0.4 is 11.1 Å². The minimum absolute atomic E-state index is 0.110. The molecule has 4 aromatic carbocycles. The molecule has 4 aromatic rings. The lowest BCUT2D eigenvalue weighted by Gasteiger charge is -2.36. The third-order valence-corrected chi connectivity index (χ3v) is 7.18. The number of nitro benzene ring substituents is 1. The lowest BCUT2D eigenvalue weighted by molar-refractivity contribution is -0.384. The van der Waals surface area contributed by atoms with E-state index in [0.29, 0.717) is 22.3 Å². The smallest absolute Gasteiger partial charge is 0.306 e. The zero-order valence-electron chi connectivity index (χ0n) is 23.0. The minimum atomic E-state index is -1.40. The van der Waals surface area contributed by atoms with Crippen molar-refractivity contribution in [3.63, 3.8) is 0 Å². The molecule has 0 aliphatic carbocycles. The van der Waals surface area contributed by atoms with Gasteiger partial charge in [-0.3, -0.25) is 24.5 Å².